The van der Waals surface area contributed by atoms with Gasteiger partial charge in [0.25, 0.3) is 5.35 Å². The molecule has 0 spiro atoms. The molecule has 0 aliphatic rings. The number of fused-ring (bicyclic) bond motifs is 1. The van der Waals surface area contributed by atoms with E-state index >= 15 is 0 Å². The summed E-state index contributed by atoms with van der Waals surface area (Å²) >= 11 is 11.2. The average molecular weight is 202 g/mol. The van der Waals surface area contributed by atoms with E-state index in [9.17, 15) is 0 Å². The van der Waals surface area contributed by atoms with E-state index in [1.54, 1.807) is 0 Å². The summed E-state index contributed by atoms with van der Waals surface area (Å²) in [5.41, 5.74) is 2.43. The van der Waals surface area contributed by atoms with E-state index < -0.39 is 0 Å². The first-order chi connectivity index (χ1) is 5.79. The Morgan fingerprint density at radius 1 is 1.42 bits per heavy atom. The van der Waals surface area contributed by atoms with Crippen LogP contribution in [0.15, 0.2) is 22.6 Å². The van der Waals surface area contributed by atoms with Crippen molar-refractivity contribution in [1.29, 1.82) is 0 Å². The van der Waals surface area contributed by atoms with Gasteiger partial charge in [-0.3, -0.25) is 0 Å². The van der Waals surface area contributed by atoms with Crippen molar-refractivity contribution in [3.05, 3.63) is 29.1 Å². The third-order valence-corrected chi connectivity index (χ3v) is 2.05. The number of benzene rings is 1. The molecule has 2 rings (SSSR count). The zero-order valence-corrected chi connectivity index (χ0v) is 7.56. The topological polar surface area (TPSA) is 26.0 Å². The Kier molecular flexibility index (Phi) is 1.95. The smallest absolute Gasteiger partial charge is 0.293 e. The van der Waals surface area contributed by atoms with Gasteiger partial charge < -0.3 is 4.42 Å². The maximum absolute atomic E-state index is 5.64. The third-order valence-electron chi connectivity index (χ3n) is 1.58. The van der Waals surface area contributed by atoms with E-state index in [1.807, 2.05) is 18.2 Å². The highest BCUT2D eigenvalue weighted by Crippen LogP contribution is 2.20. The molecule has 1 heterocycles. The Morgan fingerprint density at radius 3 is 3.00 bits per heavy atom. The van der Waals surface area contributed by atoms with Gasteiger partial charge in [0.15, 0.2) is 5.58 Å². The van der Waals surface area contributed by atoms with Crippen molar-refractivity contribution in [2.75, 3.05) is 0 Å². The molecule has 0 saturated carbocycles. The summed E-state index contributed by atoms with van der Waals surface area (Å²) in [4.78, 5) is 3.94. The molecular weight excluding hydrogens is 197 g/mol. The van der Waals surface area contributed by atoms with Gasteiger partial charge in [0, 0.05) is 5.88 Å². The van der Waals surface area contributed by atoms with E-state index in [0.29, 0.717) is 11.5 Å². The summed E-state index contributed by atoms with van der Waals surface area (Å²) in [6.45, 7) is 0. The molecule has 0 unspecified atom stereocenters. The molecule has 0 atom stereocenters. The van der Waals surface area contributed by atoms with Crippen LogP contribution in [0.4, 0.5) is 0 Å². The largest absolute Gasteiger partial charge is 0.428 e. The van der Waals surface area contributed by atoms with Gasteiger partial charge >= 0.3 is 0 Å². The van der Waals surface area contributed by atoms with Crippen molar-refractivity contribution >= 4 is 34.3 Å². The van der Waals surface area contributed by atoms with Crippen LogP contribution in [-0.2, 0) is 5.88 Å². The summed E-state index contributed by atoms with van der Waals surface area (Å²) in [5.74, 6) is 0.467. The first-order valence-corrected chi connectivity index (χ1v) is 4.32. The van der Waals surface area contributed by atoms with Crippen LogP contribution < -0.4 is 0 Å². The Labute approximate surface area is 79.1 Å². The average Bonchev–Trinajstić information content (AvgIpc) is 2.43. The fourth-order valence-corrected chi connectivity index (χ4v) is 1.36. The van der Waals surface area contributed by atoms with Crippen molar-refractivity contribution < 1.29 is 4.42 Å². The molecule has 1 aromatic heterocycles. The molecule has 0 radical (unpaired) electrons. The van der Waals surface area contributed by atoms with E-state index in [2.05, 4.69) is 4.98 Å². The van der Waals surface area contributed by atoms with Crippen molar-refractivity contribution in [3.63, 3.8) is 0 Å². The fourth-order valence-electron chi connectivity index (χ4n) is 1.02. The number of halogens is 2. The van der Waals surface area contributed by atoms with Gasteiger partial charge in [-0.05, 0) is 29.3 Å². The predicted molar refractivity (Wildman–Crippen MR) is 48.6 cm³/mol. The lowest BCUT2D eigenvalue weighted by Gasteiger charge is -1.91. The third kappa shape index (κ3) is 1.28. The van der Waals surface area contributed by atoms with E-state index in [1.165, 1.54) is 0 Å². The SMILES string of the molecule is ClCc1ccc2nc(Cl)oc2c1. The quantitative estimate of drug-likeness (QED) is 0.663. The molecule has 0 aliphatic heterocycles. The summed E-state index contributed by atoms with van der Waals surface area (Å²) < 4.78 is 5.11. The highest BCUT2D eigenvalue weighted by atomic mass is 35.5. The van der Waals surface area contributed by atoms with Gasteiger partial charge in [-0.15, -0.1) is 11.6 Å². The first-order valence-electron chi connectivity index (χ1n) is 3.40. The summed E-state index contributed by atoms with van der Waals surface area (Å²) in [6, 6.07) is 5.57. The van der Waals surface area contributed by atoms with Crippen molar-refractivity contribution in [2.24, 2.45) is 0 Å². The van der Waals surface area contributed by atoms with Gasteiger partial charge in [0.05, 0.1) is 0 Å². The minimum atomic E-state index is 0.164. The number of alkyl halides is 1. The van der Waals surface area contributed by atoms with Crippen LogP contribution in [0.3, 0.4) is 0 Å². The molecule has 0 fully saturated rings. The van der Waals surface area contributed by atoms with Gasteiger partial charge in [0.1, 0.15) is 5.52 Å². The van der Waals surface area contributed by atoms with Crippen LogP contribution >= 0.6 is 23.2 Å². The molecule has 0 bridgehead atoms. The number of oxazole rings is 1. The molecule has 0 N–H and O–H groups in total. The molecule has 0 saturated heterocycles. The molecule has 0 aliphatic carbocycles. The van der Waals surface area contributed by atoms with Gasteiger partial charge in [-0.2, -0.15) is 4.98 Å². The molecule has 2 nitrogen and oxygen atoms in total. The van der Waals surface area contributed by atoms with Gasteiger partial charge in [0.2, 0.25) is 0 Å². The molecule has 12 heavy (non-hydrogen) atoms. The predicted octanol–water partition coefficient (Wildman–Crippen LogP) is 3.22. The normalized spacial score (nSPS) is 10.8. The number of nitrogens with zero attached hydrogens (tertiary/aromatic N) is 1. The lowest BCUT2D eigenvalue weighted by Crippen LogP contribution is -1.75. The van der Waals surface area contributed by atoms with Crippen LogP contribution in [0, 0.1) is 0 Å². The van der Waals surface area contributed by atoms with Crippen LogP contribution in [0.2, 0.25) is 5.35 Å². The maximum Gasteiger partial charge on any atom is 0.293 e. The second kappa shape index (κ2) is 2.96. The first kappa shape index (κ1) is 7.90. The van der Waals surface area contributed by atoms with Gasteiger partial charge in [-0.25, -0.2) is 0 Å². The monoisotopic (exact) mass is 201 g/mol. The highest BCUT2D eigenvalue weighted by Gasteiger charge is 2.02. The summed E-state index contributed by atoms with van der Waals surface area (Å²) in [5, 5.41) is 0.164. The molecule has 0 amide bonds. The van der Waals surface area contributed by atoms with Crippen LogP contribution in [-0.4, -0.2) is 4.98 Å². The standard InChI is InChI=1S/C8H5Cl2NO/c9-4-5-1-2-6-7(3-5)12-8(10)11-6/h1-3H,4H2. The Morgan fingerprint density at radius 2 is 2.25 bits per heavy atom. The lowest BCUT2D eigenvalue weighted by molar-refractivity contribution is 0.604. The molecular formula is C8H5Cl2NO. The van der Waals surface area contributed by atoms with E-state index in [4.69, 9.17) is 27.6 Å². The number of hydrogen-bond acceptors (Lipinski definition) is 2. The molecule has 1 aromatic carbocycles. The fraction of sp³-hybridized carbons (Fsp3) is 0.125. The van der Waals surface area contributed by atoms with Crippen molar-refractivity contribution in [2.45, 2.75) is 5.88 Å². The number of hydrogen-bond donors (Lipinski definition) is 0. The minimum absolute atomic E-state index is 0.164. The summed E-state index contributed by atoms with van der Waals surface area (Å²) in [6.07, 6.45) is 0. The van der Waals surface area contributed by atoms with E-state index in [0.717, 1.165) is 11.1 Å². The number of rotatable bonds is 1. The number of aromatic nitrogens is 1. The van der Waals surface area contributed by atoms with E-state index in [-0.39, 0.29) is 5.35 Å². The Hall–Kier alpha value is -0.730. The molecule has 4 heteroatoms. The van der Waals surface area contributed by atoms with Crippen LogP contribution in [0.25, 0.3) is 11.1 Å². The highest BCUT2D eigenvalue weighted by molar-refractivity contribution is 6.28. The Bertz CT molecular complexity index is 410. The maximum atomic E-state index is 5.64. The van der Waals surface area contributed by atoms with Crippen LogP contribution in [0.5, 0.6) is 0 Å². The zero-order valence-electron chi connectivity index (χ0n) is 6.05. The molecule has 62 valence electrons. The van der Waals surface area contributed by atoms with Crippen molar-refractivity contribution in [1.82, 2.24) is 4.98 Å². The van der Waals surface area contributed by atoms with Crippen molar-refractivity contribution in [3.8, 4) is 0 Å². The summed E-state index contributed by atoms with van der Waals surface area (Å²) in [7, 11) is 0. The second-order valence-corrected chi connectivity index (χ2v) is 2.99. The Balaban J connectivity index is 2.66. The van der Waals surface area contributed by atoms with Gasteiger partial charge in [-0.1, -0.05) is 6.07 Å². The molecule has 2 aromatic rings. The lowest BCUT2D eigenvalue weighted by atomic mass is 10.2. The minimum Gasteiger partial charge on any atom is -0.428 e. The zero-order chi connectivity index (χ0) is 8.55. The second-order valence-electron chi connectivity index (χ2n) is 2.40. The van der Waals surface area contributed by atoms with Crippen LogP contribution in [0.1, 0.15) is 5.56 Å².